The van der Waals surface area contributed by atoms with Crippen LogP contribution in [0.25, 0.3) is 10.9 Å². The van der Waals surface area contributed by atoms with Gasteiger partial charge >= 0.3 is 6.03 Å². The fourth-order valence-electron chi connectivity index (χ4n) is 4.59. The Morgan fingerprint density at radius 3 is 2.75 bits per heavy atom. The number of aromatic nitrogens is 1. The van der Waals surface area contributed by atoms with Gasteiger partial charge in [-0.1, -0.05) is 41.9 Å². The van der Waals surface area contributed by atoms with Crippen molar-refractivity contribution in [2.75, 3.05) is 19.0 Å². The van der Waals surface area contributed by atoms with Gasteiger partial charge in [-0.05, 0) is 66.4 Å². The maximum absolute atomic E-state index is 13.4. The first-order valence-corrected chi connectivity index (χ1v) is 11.0. The first-order valence-electron chi connectivity index (χ1n) is 10.6. The molecule has 4 aromatic rings. The Kier molecular flexibility index (Phi) is 5.27. The number of halogens is 1. The summed E-state index contributed by atoms with van der Waals surface area (Å²) >= 11 is 6.12. The Hall–Kier alpha value is -3.44. The largest absolute Gasteiger partial charge is 0.497 e. The number of carbonyl (C=O) groups is 1. The summed E-state index contributed by atoms with van der Waals surface area (Å²) in [7, 11) is 1.68. The van der Waals surface area contributed by atoms with E-state index in [1.807, 2.05) is 41.3 Å². The third-order valence-corrected chi connectivity index (χ3v) is 6.39. The molecular formula is C26H24ClN3O2. The van der Waals surface area contributed by atoms with Crippen molar-refractivity contribution < 1.29 is 9.53 Å². The van der Waals surface area contributed by atoms with Crippen molar-refractivity contribution >= 4 is 34.2 Å². The van der Waals surface area contributed by atoms with E-state index in [0.717, 1.165) is 39.9 Å². The number of hydrogen-bond donors (Lipinski definition) is 2. The Balaban J connectivity index is 1.61. The van der Waals surface area contributed by atoms with E-state index in [9.17, 15) is 4.79 Å². The van der Waals surface area contributed by atoms with E-state index in [0.29, 0.717) is 17.3 Å². The second-order valence-electron chi connectivity index (χ2n) is 8.07. The third kappa shape index (κ3) is 3.59. The first kappa shape index (κ1) is 20.5. The standard InChI is InChI=1S/C26H24ClN3O2/c1-16-6-3-4-9-20(16)25-24-21(22-15-19(32-2)10-11-23(22)29-24)12-13-30(25)26(31)28-18-8-5-7-17(27)14-18/h3-11,14-15,25,29H,12-13H2,1-2H3,(H,28,31)/t25-/m1/s1. The number of benzene rings is 3. The lowest BCUT2D eigenvalue weighted by molar-refractivity contribution is 0.193. The Labute approximate surface area is 192 Å². The Morgan fingerprint density at radius 2 is 1.97 bits per heavy atom. The van der Waals surface area contributed by atoms with Gasteiger partial charge in [0.2, 0.25) is 0 Å². The lowest BCUT2D eigenvalue weighted by Gasteiger charge is -2.37. The summed E-state index contributed by atoms with van der Waals surface area (Å²) in [5.74, 6) is 0.827. The molecular weight excluding hydrogens is 422 g/mol. The zero-order valence-corrected chi connectivity index (χ0v) is 18.7. The first-order chi connectivity index (χ1) is 15.5. The van der Waals surface area contributed by atoms with Crippen molar-refractivity contribution in [3.63, 3.8) is 0 Å². The number of aromatic amines is 1. The summed E-state index contributed by atoms with van der Waals surface area (Å²) in [6.07, 6.45) is 0.758. The van der Waals surface area contributed by atoms with Crippen LogP contribution in [0.4, 0.5) is 10.5 Å². The van der Waals surface area contributed by atoms with E-state index < -0.39 is 0 Å². The summed E-state index contributed by atoms with van der Waals surface area (Å²) in [6, 6.07) is 21.1. The van der Waals surface area contributed by atoms with Gasteiger partial charge in [-0.2, -0.15) is 0 Å². The van der Waals surface area contributed by atoms with Crippen LogP contribution in [0.15, 0.2) is 66.7 Å². The molecule has 0 bridgehead atoms. The van der Waals surface area contributed by atoms with E-state index in [4.69, 9.17) is 16.3 Å². The van der Waals surface area contributed by atoms with Crippen LogP contribution in [-0.4, -0.2) is 29.6 Å². The molecule has 0 fully saturated rings. The molecule has 2 amide bonds. The number of rotatable bonds is 3. The molecule has 1 atom stereocenters. The SMILES string of the molecule is COc1ccc2[nH]c3c(c2c1)CCN(C(=O)Nc1cccc(Cl)c1)[C@@H]3c1ccccc1C. The maximum atomic E-state index is 13.4. The average Bonchev–Trinajstić information content (AvgIpc) is 3.17. The second kappa shape index (κ2) is 8.24. The molecule has 0 unspecified atom stereocenters. The van der Waals surface area contributed by atoms with Crippen molar-refractivity contribution in [3.05, 3.63) is 94.1 Å². The summed E-state index contributed by atoms with van der Waals surface area (Å²) in [5, 5.41) is 4.76. The van der Waals surface area contributed by atoms with Crippen molar-refractivity contribution in [2.24, 2.45) is 0 Å². The van der Waals surface area contributed by atoms with Crippen LogP contribution in [0.1, 0.15) is 28.4 Å². The van der Waals surface area contributed by atoms with Crippen molar-refractivity contribution in [1.82, 2.24) is 9.88 Å². The molecule has 1 aromatic heterocycles. The van der Waals surface area contributed by atoms with Gasteiger partial charge in [-0.3, -0.25) is 0 Å². The van der Waals surface area contributed by atoms with Crippen LogP contribution in [0.3, 0.4) is 0 Å². The molecule has 5 nitrogen and oxygen atoms in total. The summed E-state index contributed by atoms with van der Waals surface area (Å²) in [6.45, 7) is 2.69. The molecule has 2 heterocycles. The predicted molar refractivity (Wildman–Crippen MR) is 129 cm³/mol. The lowest BCUT2D eigenvalue weighted by Crippen LogP contribution is -2.43. The number of carbonyl (C=O) groups excluding carboxylic acids is 1. The van der Waals surface area contributed by atoms with Gasteiger partial charge in [0.1, 0.15) is 5.75 Å². The zero-order valence-electron chi connectivity index (χ0n) is 18.0. The molecule has 0 saturated heterocycles. The van der Waals surface area contributed by atoms with Crippen LogP contribution < -0.4 is 10.1 Å². The molecule has 6 heteroatoms. The molecule has 0 radical (unpaired) electrons. The number of fused-ring (bicyclic) bond motifs is 3. The van der Waals surface area contributed by atoms with Crippen molar-refractivity contribution in [3.8, 4) is 5.75 Å². The van der Waals surface area contributed by atoms with E-state index in [2.05, 4.69) is 35.4 Å². The van der Waals surface area contributed by atoms with Gasteiger partial charge in [0.15, 0.2) is 0 Å². The molecule has 2 N–H and O–H groups in total. The second-order valence-corrected chi connectivity index (χ2v) is 8.51. The minimum Gasteiger partial charge on any atom is -0.497 e. The minimum atomic E-state index is -0.225. The fourth-order valence-corrected chi connectivity index (χ4v) is 4.78. The topological polar surface area (TPSA) is 57.4 Å². The minimum absolute atomic E-state index is 0.151. The molecule has 162 valence electrons. The molecule has 1 aliphatic heterocycles. The van der Waals surface area contributed by atoms with E-state index in [1.54, 1.807) is 19.2 Å². The van der Waals surface area contributed by atoms with Crippen LogP contribution >= 0.6 is 11.6 Å². The highest BCUT2D eigenvalue weighted by atomic mass is 35.5. The number of nitrogens with one attached hydrogen (secondary N) is 2. The van der Waals surface area contributed by atoms with E-state index >= 15 is 0 Å². The molecule has 0 spiro atoms. The third-order valence-electron chi connectivity index (χ3n) is 6.15. The van der Waals surface area contributed by atoms with Gasteiger partial charge in [0, 0.05) is 33.9 Å². The highest BCUT2D eigenvalue weighted by Gasteiger charge is 2.35. The molecule has 0 saturated carbocycles. The zero-order chi connectivity index (χ0) is 22.2. The van der Waals surface area contributed by atoms with E-state index in [-0.39, 0.29) is 12.1 Å². The van der Waals surface area contributed by atoms with Gasteiger partial charge < -0.3 is 19.9 Å². The molecule has 32 heavy (non-hydrogen) atoms. The number of methoxy groups -OCH3 is 1. The highest BCUT2D eigenvalue weighted by Crippen LogP contribution is 2.40. The van der Waals surface area contributed by atoms with Gasteiger partial charge in [-0.15, -0.1) is 0 Å². The summed E-state index contributed by atoms with van der Waals surface area (Å²) in [4.78, 5) is 18.9. The molecule has 5 rings (SSSR count). The van der Waals surface area contributed by atoms with Crippen LogP contribution in [-0.2, 0) is 6.42 Å². The maximum Gasteiger partial charge on any atom is 0.322 e. The molecule has 3 aromatic carbocycles. The number of H-pyrrole nitrogens is 1. The number of hydrogen-bond acceptors (Lipinski definition) is 2. The number of urea groups is 1. The number of nitrogens with zero attached hydrogens (tertiary/aromatic N) is 1. The quantitative estimate of drug-likeness (QED) is 0.387. The normalized spacial score (nSPS) is 15.5. The van der Waals surface area contributed by atoms with Gasteiger partial charge in [0.25, 0.3) is 0 Å². The van der Waals surface area contributed by atoms with Crippen LogP contribution in [0.5, 0.6) is 5.75 Å². The Morgan fingerprint density at radius 1 is 1.12 bits per heavy atom. The molecule has 0 aliphatic carbocycles. The monoisotopic (exact) mass is 445 g/mol. The van der Waals surface area contributed by atoms with Crippen molar-refractivity contribution in [2.45, 2.75) is 19.4 Å². The number of anilines is 1. The van der Waals surface area contributed by atoms with Crippen molar-refractivity contribution in [1.29, 1.82) is 0 Å². The van der Waals surface area contributed by atoms with Crippen LogP contribution in [0.2, 0.25) is 5.02 Å². The summed E-state index contributed by atoms with van der Waals surface area (Å²) < 4.78 is 5.45. The number of ether oxygens (including phenoxy) is 1. The molecule has 1 aliphatic rings. The lowest BCUT2D eigenvalue weighted by atomic mass is 9.90. The van der Waals surface area contributed by atoms with Gasteiger partial charge in [-0.25, -0.2) is 4.79 Å². The predicted octanol–water partition coefficient (Wildman–Crippen LogP) is 6.32. The summed E-state index contributed by atoms with van der Waals surface area (Å²) in [5.41, 5.74) is 6.26. The van der Waals surface area contributed by atoms with E-state index in [1.165, 1.54) is 5.56 Å². The smallest absolute Gasteiger partial charge is 0.322 e. The van der Waals surface area contributed by atoms with Gasteiger partial charge in [0.05, 0.1) is 13.2 Å². The number of aryl methyl sites for hydroxylation is 1. The average molecular weight is 446 g/mol. The fraction of sp³-hybridized carbons (Fsp3) is 0.192. The highest BCUT2D eigenvalue weighted by molar-refractivity contribution is 6.30. The number of amides is 2. The Bertz CT molecular complexity index is 1310. The van der Waals surface area contributed by atoms with Crippen LogP contribution in [0, 0.1) is 6.92 Å².